The van der Waals surface area contributed by atoms with Crippen LogP contribution in [0.5, 0.6) is 0 Å². The number of aliphatic hydroxyl groups is 1. The van der Waals surface area contributed by atoms with Gasteiger partial charge in [0.15, 0.2) is 0 Å². The van der Waals surface area contributed by atoms with Crippen LogP contribution in [-0.4, -0.2) is 10.1 Å². The first-order chi connectivity index (χ1) is 8.08. The second kappa shape index (κ2) is 4.86. The van der Waals surface area contributed by atoms with Crippen molar-refractivity contribution in [3.63, 3.8) is 0 Å². The molecule has 2 nitrogen and oxygen atoms in total. The third-order valence-electron chi connectivity index (χ3n) is 2.70. The van der Waals surface area contributed by atoms with Gasteiger partial charge in [0, 0.05) is 28.0 Å². The lowest BCUT2D eigenvalue weighted by molar-refractivity contribution is 0.220. The lowest BCUT2D eigenvalue weighted by Crippen LogP contribution is -2.01. The van der Waals surface area contributed by atoms with Crippen molar-refractivity contribution in [2.75, 3.05) is 0 Å². The molecule has 17 heavy (non-hydrogen) atoms. The molecule has 0 saturated carbocycles. The summed E-state index contributed by atoms with van der Waals surface area (Å²) in [6.45, 7) is 3.88. The van der Waals surface area contributed by atoms with E-state index in [0.717, 1.165) is 16.8 Å². The summed E-state index contributed by atoms with van der Waals surface area (Å²) in [4.78, 5) is 4.17. The molecule has 0 aliphatic rings. The highest BCUT2D eigenvalue weighted by Crippen LogP contribution is 2.28. The monoisotopic (exact) mass is 247 g/mol. The first-order valence-corrected chi connectivity index (χ1v) is 5.82. The average molecular weight is 248 g/mol. The highest BCUT2D eigenvalue weighted by atomic mass is 35.5. The van der Waals surface area contributed by atoms with Gasteiger partial charge in [0.05, 0.1) is 0 Å². The van der Waals surface area contributed by atoms with Crippen LogP contribution < -0.4 is 0 Å². The molecule has 1 aromatic heterocycles. The molecule has 1 unspecified atom stereocenters. The molecule has 0 fully saturated rings. The molecule has 0 aliphatic heterocycles. The number of rotatable bonds is 2. The highest BCUT2D eigenvalue weighted by Gasteiger charge is 2.13. The van der Waals surface area contributed by atoms with Crippen molar-refractivity contribution in [1.29, 1.82) is 0 Å². The van der Waals surface area contributed by atoms with Gasteiger partial charge in [-0.05, 0) is 31.5 Å². The zero-order valence-electron chi connectivity index (χ0n) is 9.81. The molecule has 1 aromatic carbocycles. The summed E-state index contributed by atoms with van der Waals surface area (Å²) in [6, 6.07) is 9.37. The van der Waals surface area contributed by atoms with Gasteiger partial charge in [0.25, 0.3) is 0 Å². The summed E-state index contributed by atoms with van der Waals surface area (Å²) in [5.74, 6) is 0. The van der Waals surface area contributed by atoms with Crippen molar-refractivity contribution >= 4 is 11.6 Å². The zero-order valence-corrected chi connectivity index (χ0v) is 10.6. The van der Waals surface area contributed by atoms with Crippen LogP contribution in [0, 0.1) is 13.8 Å². The number of aliphatic hydroxyl groups excluding tert-OH is 1. The van der Waals surface area contributed by atoms with Gasteiger partial charge in [-0.2, -0.15) is 0 Å². The summed E-state index contributed by atoms with van der Waals surface area (Å²) in [6.07, 6.45) is 0.951. The second-order valence-corrected chi connectivity index (χ2v) is 4.57. The molecule has 2 rings (SSSR count). The Morgan fingerprint density at radius 3 is 2.53 bits per heavy atom. The fourth-order valence-corrected chi connectivity index (χ4v) is 2.01. The largest absolute Gasteiger partial charge is 0.384 e. The first-order valence-electron chi connectivity index (χ1n) is 5.44. The predicted molar refractivity (Wildman–Crippen MR) is 69.2 cm³/mol. The summed E-state index contributed by atoms with van der Waals surface area (Å²) in [7, 11) is 0. The van der Waals surface area contributed by atoms with Gasteiger partial charge in [-0.15, -0.1) is 0 Å². The summed E-state index contributed by atoms with van der Waals surface area (Å²) < 4.78 is 0. The molecule has 1 atom stereocenters. The minimum absolute atomic E-state index is 0.582. The number of aromatic nitrogens is 1. The van der Waals surface area contributed by atoms with Crippen LogP contribution in [0.1, 0.15) is 28.5 Å². The van der Waals surface area contributed by atoms with Crippen LogP contribution in [0.4, 0.5) is 0 Å². The number of hydrogen-bond donors (Lipinski definition) is 1. The third-order valence-corrected chi connectivity index (χ3v) is 3.03. The number of nitrogens with zero attached hydrogens (tertiary/aromatic N) is 1. The molecule has 3 heteroatoms. The van der Waals surface area contributed by atoms with E-state index in [4.69, 9.17) is 11.6 Å². The van der Waals surface area contributed by atoms with Gasteiger partial charge < -0.3 is 5.11 Å². The lowest BCUT2D eigenvalue weighted by atomic mass is 10.0. The molecular formula is C14H14ClNO. The maximum Gasteiger partial charge on any atom is 0.107 e. The molecule has 1 N–H and O–H groups in total. The molecule has 0 amide bonds. The van der Waals surface area contributed by atoms with E-state index < -0.39 is 6.10 Å². The van der Waals surface area contributed by atoms with E-state index in [1.807, 2.05) is 44.2 Å². The Morgan fingerprint density at radius 1 is 1.18 bits per heavy atom. The molecule has 0 aliphatic carbocycles. The standard InChI is InChI=1S/C14H14ClNO/c1-9-3-6-12(13(15)7-9)14(17)11-5-4-10(2)16-8-11/h3-8,14,17H,1-2H3. The van der Waals surface area contributed by atoms with Gasteiger partial charge in [0.2, 0.25) is 0 Å². The molecule has 0 spiro atoms. The van der Waals surface area contributed by atoms with Gasteiger partial charge in [-0.3, -0.25) is 4.98 Å². The van der Waals surface area contributed by atoms with Crippen LogP contribution in [0.15, 0.2) is 36.5 Å². The smallest absolute Gasteiger partial charge is 0.107 e. The minimum Gasteiger partial charge on any atom is -0.384 e. The Morgan fingerprint density at radius 2 is 1.94 bits per heavy atom. The Labute approximate surface area is 106 Å². The molecule has 0 saturated heterocycles. The number of halogens is 1. The topological polar surface area (TPSA) is 33.1 Å². The van der Waals surface area contributed by atoms with E-state index in [2.05, 4.69) is 4.98 Å². The molecular weight excluding hydrogens is 234 g/mol. The maximum absolute atomic E-state index is 10.2. The fraction of sp³-hybridized carbons (Fsp3) is 0.214. The first kappa shape index (κ1) is 12.1. The van der Waals surface area contributed by atoms with E-state index in [-0.39, 0.29) is 0 Å². The number of hydrogen-bond acceptors (Lipinski definition) is 2. The van der Waals surface area contributed by atoms with Crippen molar-refractivity contribution in [2.45, 2.75) is 20.0 Å². The Kier molecular flexibility index (Phi) is 3.46. The van der Waals surface area contributed by atoms with Crippen LogP contribution >= 0.6 is 11.6 Å². The van der Waals surface area contributed by atoms with Gasteiger partial charge >= 0.3 is 0 Å². The molecule has 1 heterocycles. The van der Waals surface area contributed by atoms with E-state index in [9.17, 15) is 5.11 Å². The number of benzene rings is 1. The van der Waals surface area contributed by atoms with Crippen molar-refractivity contribution in [3.05, 3.63) is 63.9 Å². The SMILES string of the molecule is Cc1ccc(C(O)c2ccc(C)nc2)c(Cl)c1. The maximum atomic E-state index is 10.2. The van der Waals surface area contributed by atoms with Crippen LogP contribution in [-0.2, 0) is 0 Å². The van der Waals surface area contributed by atoms with Crippen molar-refractivity contribution in [3.8, 4) is 0 Å². The van der Waals surface area contributed by atoms with E-state index in [1.165, 1.54) is 0 Å². The van der Waals surface area contributed by atoms with Gasteiger partial charge in [-0.1, -0.05) is 29.8 Å². The molecule has 2 aromatic rings. The van der Waals surface area contributed by atoms with E-state index in [1.54, 1.807) is 6.20 Å². The van der Waals surface area contributed by atoms with Gasteiger partial charge in [0.1, 0.15) is 6.10 Å². The van der Waals surface area contributed by atoms with Crippen LogP contribution in [0.2, 0.25) is 5.02 Å². The average Bonchev–Trinajstić information content (AvgIpc) is 2.29. The van der Waals surface area contributed by atoms with Crippen LogP contribution in [0.25, 0.3) is 0 Å². The van der Waals surface area contributed by atoms with Gasteiger partial charge in [-0.25, -0.2) is 0 Å². The van der Waals surface area contributed by atoms with Crippen LogP contribution in [0.3, 0.4) is 0 Å². The Bertz CT molecular complexity index is 522. The normalized spacial score (nSPS) is 12.5. The molecule has 88 valence electrons. The second-order valence-electron chi connectivity index (χ2n) is 4.16. The Hall–Kier alpha value is -1.38. The minimum atomic E-state index is -0.726. The van der Waals surface area contributed by atoms with E-state index >= 15 is 0 Å². The van der Waals surface area contributed by atoms with Crippen molar-refractivity contribution in [1.82, 2.24) is 4.98 Å². The molecule has 0 bridgehead atoms. The number of aryl methyl sites for hydroxylation is 2. The lowest BCUT2D eigenvalue weighted by Gasteiger charge is -2.13. The Balaban J connectivity index is 2.36. The fourth-order valence-electron chi connectivity index (χ4n) is 1.67. The quantitative estimate of drug-likeness (QED) is 0.882. The highest BCUT2D eigenvalue weighted by molar-refractivity contribution is 6.31. The predicted octanol–water partition coefficient (Wildman–Crippen LogP) is 3.43. The zero-order chi connectivity index (χ0) is 12.4. The summed E-state index contributed by atoms with van der Waals surface area (Å²) in [5.41, 5.74) is 3.47. The summed E-state index contributed by atoms with van der Waals surface area (Å²) in [5, 5.41) is 10.8. The third kappa shape index (κ3) is 2.65. The molecule has 0 radical (unpaired) electrons. The van der Waals surface area contributed by atoms with Crippen molar-refractivity contribution < 1.29 is 5.11 Å². The van der Waals surface area contributed by atoms with Crippen molar-refractivity contribution in [2.24, 2.45) is 0 Å². The summed E-state index contributed by atoms with van der Waals surface area (Å²) >= 11 is 6.13. The number of pyridine rings is 1. The van der Waals surface area contributed by atoms with E-state index in [0.29, 0.717) is 10.6 Å².